The van der Waals surface area contributed by atoms with Gasteiger partial charge in [-0.1, -0.05) is 0 Å². The highest BCUT2D eigenvalue weighted by atomic mass is 32.2. The molecule has 0 spiro atoms. The second-order valence-corrected chi connectivity index (χ2v) is 7.02. The Labute approximate surface area is 117 Å². The van der Waals surface area contributed by atoms with E-state index in [-0.39, 0.29) is 6.04 Å². The van der Waals surface area contributed by atoms with Crippen molar-refractivity contribution >= 4 is 10.2 Å². The molecule has 0 aromatic heterocycles. The largest absolute Gasteiger partial charge is 0.383 e. The van der Waals surface area contributed by atoms with Crippen molar-refractivity contribution in [1.29, 1.82) is 0 Å². The first-order valence-electron chi connectivity index (χ1n) is 6.92. The average molecular weight is 293 g/mol. The zero-order valence-electron chi connectivity index (χ0n) is 12.2. The summed E-state index contributed by atoms with van der Waals surface area (Å²) < 4.78 is 33.1. The van der Waals surface area contributed by atoms with Crippen molar-refractivity contribution in [2.45, 2.75) is 32.7 Å². The van der Waals surface area contributed by atoms with Crippen molar-refractivity contribution in [2.24, 2.45) is 5.92 Å². The lowest BCUT2D eigenvalue weighted by molar-refractivity contribution is 0.194. The van der Waals surface area contributed by atoms with Crippen LogP contribution < -0.4 is 10.0 Å². The topological polar surface area (TPSA) is 70.7 Å². The van der Waals surface area contributed by atoms with E-state index in [2.05, 4.69) is 10.0 Å². The molecule has 6 nitrogen and oxygen atoms in total. The van der Waals surface area contributed by atoms with Crippen LogP contribution in [0.3, 0.4) is 0 Å². The van der Waals surface area contributed by atoms with Crippen molar-refractivity contribution in [3.05, 3.63) is 0 Å². The first-order valence-corrected chi connectivity index (χ1v) is 8.36. The first-order chi connectivity index (χ1) is 8.95. The predicted octanol–water partition coefficient (Wildman–Crippen LogP) is 0.177. The number of nitrogens with zero attached hydrogens (tertiary/aromatic N) is 1. The van der Waals surface area contributed by atoms with E-state index >= 15 is 0 Å². The monoisotopic (exact) mass is 293 g/mol. The van der Waals surface area contributed by atoms with Crippen molar-refractivity contribution in [3.63, 3.8) is 0 Å². The van der Waals surface area contributed by atoms with Crippen LogP contribution in [0.1, 0.15) is 26.7 Å². The minimum atomic E-state index is -3.29. The van der Waals surface area contributed by atoms with E-state index in [9.17, 15) is 8.42 Å². The van der Waals surface area contributed by atoms with Gasteiger partial charge in [-0.15, -0.1) is 0 Å². The summed E-state index contributed by atoms with van der Waals surface area (Å²) in [7, 11) is -1.60. The molecule has 0 aromatic rings. The number of rotatable bonds is 8. The third kappa shape index (κ3) is 6.18. The summed E-state index contributed by atoms with van der Waals surface area (Å²) in [5.41, 5.74) is 0. The minimum absolute atomic E-state index is 0.0570. The maximum atomic E-state index is 12.0. The van der Waals surface area contributed by atoms with E-state index < -0.39 is 10.2 Å². The lowest BCUT2D eigenvalue weighted by Crippen LogP contribution is -2.47. The zero-order chi connectivity index (χ0) is 14.3. The molecule has 1 fully saturated rings. The van der Waals surface area contributed by atoms with Gasteiger partial charge in [-0.3, -0.25) is 0 Å². The van der Waals surface area contributed by atoms with Gasteiger partial charge in [0.05, 0.1) is 6.61 Å². The highest BCUT2D eigenvalue weighted by molar-refractivity contribution is 7.87. The Bertz CT molecular complexity index is 338. The Morgan fingerprint density at radius 1 is 1.32 bits per heavy atom. The van der Waals surface area contributed by atoms with Crippen LogP contribution in [-0.4, -0.2) is 58.7 Å². The van der Waals surface area contributed by atoms with Crippen molar-refractivity contribution in [1.82, 2.24) is 14.3 Å². The summed E-state index contributed by atoms with van der Waals surface area (Å²) >= 11 is 0. The molecule has 1 aliphatic rings. The van der Waals surface area contributed by atoms with E-state index in [1.54, 1.807) is 11.4 Å². The molecule has 0 unspecified atom stereocenters. The highest BCUT2D eigenvalue weighted by Gasteiger charge is 2.27. The second-order valence-electron chi connectivity index (χ2n) is 5.32. The van der Waals surface area contributed by atoms with Gasteiger partial charge in [-0.05, 0) is 39.2 Å². The van der Waals surface area contributed by atoms with Gasteiger partial charge in [-0.2, -0.15) is 17.4 Å². The molecule has 0 aliphatic carbocycles. The second kappa shape index (κ2) is 8.16. The number of piperidine rings is 1. The fourth-order valence-electron chi connectivity index (χ4n) is 2.21. The molecule has 7 heteroatoms. The molecule has 1 heterocycles. The quantitative estimate of drug-likeness (QED) is 0.626. The minimum Gasteiger partial charge on any atom is -0.383 e. The summed E-state index contributed by atoms with van der Waals surface area (Å²) in [4.78, 5) is 0. The maximum Gasteiger partial charge on any atom is 0.279 e. The molecule has 1 aliphatic heterocycles. The normalized spacial score (nSPS) is 19.2. The lowest BCUT2D eigenvalue weighted by Gasteiger charge is -2.31. The van der Waals surface area contributed by atoms with Crippen LogP contribution in [0, 0.1) is 5.92 Å². The molecule has 0 bridgehead atoms. The molecular formula is C12H27N3O3S. The third-order valence-electron chi connectivity index (χ3n) is 3.21. The summed E-state index contributed by atoms with van der Waals surface area (Å²) in [6.45, 7) is 7.40. The van der Waals surface area contributed by atoms with Crippen LogP contribution in [0.15, 0.2) is 0 Å². The van der Waals surface area contributed by atoms with E-state index in [0.717, 1.165) is 25.9 Å². The van der Waals surface area contributed by atoms with Gasteiger partial charge in [0.25, 0.3) is 10.2 Å². The van der Waals surface area contributed by atoms with Crippen LogP contribution in [0.4, 0.5) is 0 Å². The molecule has 0 radical (unpaired) electrons. The highest BCUT2D eigenvalue weighted by Crippen LogP contribution is 2.18. The molecule has 0 amide bonds. The van der Waals surface area contributed by atoms with E-state index in [0.29, 0.717) is 25.6 Å². The SMILES string of the molecule is COCCNCC1CCN(S(=O)(=O)NC(C)C)CC1. The molecule has 19 heavy (non-hydrogen) atoms. The molecule has 114 valence electrons. The molecular weight excluding hydrogens is 266 g/mol. The van der Waals surface area contributed by atoms with Crippen LogP contribution in [0.25, 0.3) is 0 Å². The van der Waals surface area contributed by atoms with Crippen LogP contribution >= 0.6 is 0 Å². The fraction of sp³-hybridized carbons (Fsp3) is 1.00. The molecule has 1 saturated heterocycles. The van der Waals surface area contributed by atoms with Gasteiger partial charge in [0.15, 0.2) is 0 Å². The van der Waals surface area contributed by atoms with Gasteiger partial charge in [0, 0.05) is 32.8 Å². The standard InChI is InChI=1S/C12H27N3O3S/c1-11(2)14-19(16,17)15-7-4-12(5-8-15)10-13-6-9-18-3/h11-14H,4-10H2,1-3H3. The number of hydrogen-bond donors (Lipinski definition) is 2. The van der Waals surface area contributed by atoms with Crippen molar-refractivity contribution in [2.75, 3.05) is 39.9 Å². The lowest BCUT2D eigenvalue weighted by atomic mass is 9.98. The molecule has 1 rings (SSSR count). The van der Waals surface area contributed by atoms with Gasteiger partial charge in [-0.25, -0.2) is 0 Å². The fourth-order valence-corrected chi connectivity index (χ4v) is 3.64. The summed E-state index contributed by atoms with van der Waals surface area (Å²) in [6, 6.07) is -0.0570. The summed E-state index contributed by atoms with van der Waals surface area (Å²) in [5, 5.41) is 3.33. The van der Waals surface area contributed by atoms with Crippen LogP contribution in [-0.2, 0) is 14.9 Å². The summed E-state index contributed by atoms with van der Waals surface area (Å²) in [5.74, 6) is 0.558. The van der Waals surface area contributed by atoms with Gasteiger partial charge in [0.2, 0.25) is 0 Å². The van der Waals surface area contributed by atoms with Gasteiger partial charge in [0.1, 0.15) is 0 Å². The van der Waals surface area contributed by atoms with Gasteiger partial charge < -0.3 is 10.1 Å². The molecule has 0 atom stereocenters. The van der Waals surface area contributed by atoms with Crippen molar-refractivity contribution in [3.8, 4) is 0 Å². The smallest absolute Gasteiger partial charge is 0.279 e. The third-order valence-corrected chi connectivity index (χ3v) is 5.03. The number of methoxy groups -OCH3 is 1. The maximum absolute atomic E-state index is 12.0. The van der Waals surface area contributed by atoms with Crippen LogP contribution in [0.5, 0.6) is 0 Å². The molecule has 0 aromatic carbocycles. The Kier molecular flexibility index (Phi) is 7.23. The van der Waals surface area contributed by atoms with E-state index in [1.165, 1.54) is 0 Å². The molecule has 2 N–H and O–H groups in total. The predicted molar refractivity (Wildman–Crippen MR) is 76.2 cm³/mol. The Morgan fingerprint density at radius 2 is 1.95 bits per heavy atom. The summed E-state index contributed by atoms with van der Waals surface area (Å²) in [6.07, 6.45) is 1.83. The van der Waals surface area contributed by atoms with Crippen LogP contribution in [0.2, 0.25) is 0 Å². The Balaban J connectivity index is 2.28. The zero-order valence-corrected chi connectivity index (χ0v) is 13.0. The average Bonchev–Trinajstić information content (AvgIpc) is 2.34. The number of nitrogens with one attached hydrogen (secondary N) is 2. The van der Waals surface area contributed by atoms with E-state index in [4.69, 9.17) is 4.74 Å². The Hall–Kier alpha value is -0.210. The van der Waals surface area contributed by atoms with E-state index in [1.807, 2.05) is 13.8 Å². The number of ether oxygens (including phenoxy) is 1. The molecule has 0 saturated carbocycles. The van der Waals surface area contributed by atoms with Gasteiger partial charge >= 0.3 is 0 Å². The Morgan fingerprint density at radius 3 is 2.47 bits per heavy atom. The number of hydrogen-bond acceptors (Lipinski definition) is 4. The van der Waals surface area contributed by atoms with Crippen molar-refractivity contribution < 1.29 is 13.2 Å². The first kappa shape index (κ1) is 16.8.